The summed E-state index contributed by atoms with van der Waals surface area (Å²) in [5.74, 6) is 1.21. The Morgan fingerprint density at radius 2 is 0.439 bits per heavy atom. The second-order valence-electron chi connectivity index (χ2n) is 31.2. The first-order chi connectivity index (χ1) is 52.8. The molecule has 0 saturated heterocycles. The number of hydrogen-bond acceptors (Lipinski definition) is 12. The zero-order valence-electron chi connectivity index (χ0n) is 70.1. The van der Waals surface area contributed by atoms with Crippen molar-refractivity contribution >= 4 is 11.9 Å². The first kappa shape index (κ1) is 97.9. The van der Waals surface area contributed by atoms with Gasteiger partial charge in [0.25, 0.3) is 0 Å². The Balaban J connectivity index is 2.59. The van der Waals surface area contributed by atoms with Crippen molar-refractivity contribution in [2.45, 2.75) is 427 Å². The largest absolute Gasteiger partial charge is 0.490 e. The number of carbonyl (C=O) groups excluding carboxylic acids is 2. The average molecular weight is 1500 g/mol. The second-order valence-corrected chi connectivity index (χ2v) is 31.2. The van der Waals surface area contributed by atoms with Gasteiger partial charge in [0.1, 0.15) is 13.2 Å². The number of carbonyl (C=O) groups is 2. The normalized spacial score (nSPS) is 11.3. The van der Waals surface area contributed by atoms with Gasteiger partial charge in [-0.05, 0) is 73.9 Å². The lowest BCUT2D eigenvalue weighted by Crippen LogP contribution is -2.40. The molecule has 2 aromatic carbocycles. The predicted octanol–water partition coefficient (Wildman–Crippen LogP) is 30.1. The molecule has 0 atom stereocenters. The fraction of sp³-hybridized carbons (Fsp3) is 0.846. The van der Waals surface area contributed by atoms with Crippen LogP contribution in [0, 0.1) is 5.41 Å². The van der Waals surface area contributed by atoms with Crippen LogP contribution >= 0.6 is 0 Å². The third-order valence-corrected chi connectivity index (χ3v) is 21.0. The maximum Gasteiger partial charge on any atom is 0.338 e. The topological polar surface area (TPSA) is 205 Å². The summed E-state index contributed by atoms with van der Waals surface area (Å²) in [5, 5.41) is 7.88. The second kappa shape index (κ2) is 73.6. The monoisotopic (exact) mass is 1500 g/mol. The fourth-order valence-electron chi connectivity index (χ4n) is 14.0. The zero-order chi connectivity index (χ0) is 77.1. The molecule has 0 unspecified atom stereocenters. The Labute approximate surface area is 655 Å². The molecule has 2 aromatic rings. The van der Waals surface area contributed by atoms with E-state index < -0.39 is 30.6 Å². The average Bonchev–Trinajstić information content (AvgIpc) is 0.818. The summed E-state index contributed by atoms with van der Waals surface area (Å²) in [4.78, 5) is 35.8. The van der Waals surface area contributed by atoms with Crippen LogP contribution in [0.2, 0.25) is 0 Å². The SMILES string of the molecule is CCCCCCCCCCCCOc1cc([14C](=O)OCC(CN=[N+]=[N-])(CN=[N+]=[N-])CO[14C](=O)c2cc(OCCCCCCCCCCCC)c(OCCCCCCCCCCCC)c(OCCCCCCCCCCCC)c2)cc(OCCCCCCCCCCCC)c1OCCCCCCCCCCCC. The third-order valence-electron chi connectivity index (χ3n) is 21.0. The van der Waals surface area contributed by atoms with E-state index in [1.165, 1.54) is 270 Å². The number of benzene rings is 2. The smallest absolute Gasteiger partial charge is 0.338 e. The van der Waals surface area contributed by atoms with Crippen molar-refractivity contribution in [1.82, 2.24) is 0 Å². The molecule has 0 aliphatic carbocycles. The lowest BCUT2D eigenvalue weighted by Gasteiger charge is -2.29. The summed E-state index contributed by atoms with van der Waals surface area (Å²) in [6, 6.07) is 6.72. The minimum absolute atomic E-state index is 0.178. The molecule has 0 spiro atoms. The number of azide groups is 2. The van der Waals surface area contributed by atoms with Crippen LogP contribution in [0.5, 0.6) is 34.5 Å². The molecular weight excluding hydrogens is 1340 g/mol. The Bertz CT molecular complexity index is 2220. The molecule has 0 bridgehead atoms. The first-order valence-electron chi connectivity index (χ1n) is 45.2. The van der Waals surface area contributed by atoms with Crippen molar-refractivity contribution in [3.63, 3.8) is 0 Å². The highest BCUT2D eigenvalue weighted by molar-refractivity contribution is 5.92. The summed E-state index contributed by atoms with van der Waals surface area (Å²) in [7, 11) is 0. The number of nitrogens with zero attached hydrogens (tertiary/aromatic N) is 6. The van der Waals surface area contributed by atoms with Crippen molar-refractivity contribution < 1.29 is 47.5 Å². The number of ether oxygens (including phenoxy) is 8. The van der Waals surface area contributed by atoms with Gasteiger partial charge in [-0.2, -0.15) is 0 Å². The third kappa shape index (κ3) is 54.1. The van der Waals surface area contributed by atoms with Crippen molar-refractivity contribution in [3.8, 4) is 34.5 Å². The van der Waals surface area contributed by atoms with E-state index in [-0.39, 0.29) is 24.2 Å². The maximum absolute atomic E-state index is 14.8. The van der Waals surface area contributed by atoms with Crippen LogP contribution in [0.4, 0.5) is 0 Å². The highest BCUT2D eigenvalue weighted by atomic mass is 16.8. The molecule has 2 rings (SSSR count). The number of esters is 2. The van der Waals surface area contributed by atoms with Crippen LogP contribution in [0.25, 0.3) is 20.9 Å². The Kier molecular flexibility index (Phi) is 67.3. The Morgan fingerprint density at radius 1 is 0.271 bits per heavy atom. The molecule has 0 aromatic heterocycles. The van der Waals surface area contributed by atoms with E-state index in [0.717, 1.165) is 116 Å². The van der Waals surface area contributed by atoms with Crippen molar-refractivity contribution in [3.05, 3.63) is 56.3 Å². The first-order valence-corrected chi connectivity index (χ1v) is 45.2. The molecule has 0 heterocycles. The molecule has 107 heavy (non-hydrogen) atoms. The van der Waals surface area contributed by atoms with Gasteiger partial charge >= 0.3 is 11.9 Å². The molecule has 616 valence electrons. The molecule has 0 aliphatic rings. The fourth-order valence-corrected chi connectivity index (χ4v) is 14.0. The highest BCUT2D eigenvalue weighted by Gasteiger charge is 2.35. The van der Waals surface area contributed by atoms with Gasteiger partial charge in [-0.15, -0.1) is 0 Å². The van der Waals surface area contributed by atoms with Crippen molar-refractivity contribution in [2.75, 3.05) is 65.9 Å². The van der Waals surface area contributed by atoms with Gasteiger partial charge in [0.05, 0.1) is 50.8 Å². The molecule has 0 amide bonds. The van der Waals surface area contributed by atoms with E-state index in [4.69, 9.17) is 37.9 Å². The lowest BCUT2D eigenvalue weighted by molar-refractivity contribution is 0.000348. The van der Waals surface area contributed by atoms with Gasteiger partial charge in [-0.25, -0.2) is 9.59 Å². The Morgan fingerprint density at radius 3 is 0.617 bits per heavy atom. The lowest BCUT2D eigenvalue weighted by atomic mass is 9.90. The summed E-state index contributed by atoms with van der Waals surface area (Å²) in [6.45, 7) is 14.7. The molecule has 0 saturated carbocycles. The van der Waals surface area contributed by atoms with E-state index in [1.54, 1.807) is 24.3 Å². The van der Waals surface area contributed by atoms with Gasteiger partial charge in [-0.3, -0.25) is 0 Å². The summed E-state index contributed by atoms with van der Waals surface area (Å²) < 4.78 is 52.4. The standard InChI is InChI=1S/C91H162N6O10/c1-7-13-19-25-31-37-43-49-55-61-67-100-83-73-81(74-84(101-68-62-56-50-44-38-32-26-20-14-8-2)87(83)104-71-65-59-53-47-41-35-29-23-17-11-5)89(98)106-79-91(77-94-96-92,78-95-97-93)80-107-90(99)82-75-85(102-69-63-57-51-45-39-33-27-21-15-9-3)88(105-72-66-60-54-48-42-36-30-24-18-12-6)86(76-82)103-70-64-58-52-46-40-34-28-22-16-10-4/h73-76H,7-72,77-80H2,1-6H3/i89+2,90+2. The number of unbranched alkanes of at least 4 members (excludes halogenated alkanes) is 54. The molecular formula is C91H162N6O10. The summed E-state index contributed by atoms with van der Waals surface area (Å²) >= 11 is 0. The zero-order valence-corrected chi connectivity index (χ0v) is 70.1. The van der Waals surface area contributed by atoms with Crippen molar-refractivity contribution in [1.29, 1.82) is 0 Å². The van der Waals surface area contributed by atoms with Gasteiger partial charge in [0.15, 0.2) is 23.0 Å². The maximum atomic E-state index is 14.8. The van der Waals surface area contributed by atoms with Crippen LogP contribution in [-0.2, 0) is 9.47 Å². The van der Waals surface area contributed by atoms with Crippen LogP contribution < -0.4 is 28.4 Å². The number of rotatable bonds is 82. The van der Waals surface area contributed by atoms with Gasteiger partial charge < -0.3 is 37.9 Å². The minimum atomic E-state index is -1.46. The molecule has 16 heteroatoms. The Hall–Kier alpha value is -5.20. The van der Waals surface area contributed by atoms with Gasteiger partial charge in [-0.1, -0.05) is 398 Å². The van der Waals surface area contributed by atoms with E-state index in [2.05, 4.69) is 61.6 Å². The molecule has 16 nitrogen and oxygen atoms in total. The summed E-state index contributed by atoms with van der Waals surface area (Å²) in [6.07, 6.45) is 71.7. The number of hydrogen-bond donors (Lipinski definition) is 0. The molecule has 0 fully saturated rings. The van der Waals surface area contributed by atoms with Gasteiger partial charge in [0, 0.05) is 28.3 Å². The van der Waals surface area contributed by atoms with E-state index in [0.29, 0.717) is 74.1 Å². The molecule has 0 N–H and O–H groups in total. The van der Waals surface area contributed by atoms with Crippen LogP contribution in [-0.4, -0.2) is 77.9 Å². The van der Waals surface area contributed by atoms with Gasteiger partial charge in [0.2, 0.25) is 11.5 Å². The predicted molar refractivity (Wildman–Crippen MR) is 448 cm³/mol. The van der Waals surface area contributed by atoms with Crippen LogP contribution in [0.1, 0.15) is 448 Å². The molecule has 0 aliphatic heterocycles. The summed E-state index contributed by atoms with van der Waals surface area (Å²) in [5.41, 5.74) is 18.6. The van der Waals surface area contributed by atoms with E-state index in [1.807, 2.05) is 0 Å². The molecule has 0 radical (unpaired) electrons. The van der Waals surface area contributed by atoms with E-state index in [9.17, 15) is 20.7 Å². The van der Waals surface area contributed by atoms with Crippen molar-refractivity contribution in [2.24, 2.45) is 15.6 Å². The highest BCUT2D eigenvalue weighted by Crippen LogP contribution is 2.42. The minimum Gasteiger partial charge on any atom is -0.490 e. The van der Waals surface area contributed by atoms with Crippen LogP contribution in [0.15, 0.2) is 34.5 Å². The van der Waals surface area contributed by atoms with Crippen LogP contribution in [0.3, 0.4) is 0 Å². The quantitative estimate of drug-likeness (QED) is 0.0201. The van der Waals surface area contributed by atoms with E-state index >= 15 is 0 Å².